The molecule has 116 valence electrons. The van der Waals surface area contributed by atoms with Crippen molar-refractivity contribution in [3.63, 3.8) is 0 Å². The molecule has 0 aromatic heterocycles. The first kappa shape index (κ1) is 14.8. The molecule has 0 saturated carbocycles. The molecule has 0 spiro atoms. The molecule has 2 unspecified atom stereocenters. The lowest BCUT2D eigenvalue weighted by Crippen LogP contribution is -2.45. The molecule has 1 aromatic rings. The molecular formula is C17H25NO3. The van der Waals surface area contributed by atoms with E-state index in [9.17, 15) is 5.11 Å². The Bertz CT molecular complexity index is 483. The van der Waals surface area contributed by atoms with Crippen LogP contribution in [0.5, 0.6) is 5.75 Å². The van der Waals surface area contributed by atoms with Crippen molar-refractivity contribution in [1.29, 1.82) is 0 Å². The van der Waals surface area contributed by atoms with Crippen LogP contribution in [0.15, 0.2) is 18.2 Å². The molecule has 1 aliphatic heterocycles. The van der Waals surface area contributed by atoms with Gasteiger partial charge in [-0.25, -0.2) is 0 Å². The third kappa shape index (κ3) is 2.93. The molecule has 1 aliphatic carbocycles. The molecule has 3 rings (SSSR count). The van der Waals surface area contributed by atoms with Crippen molar-refractivity contribution < 1.29 is 14.6 Å². The maximum Gasteiger partial charge on any atom is 0.119 e. The van der Waals surface area contributed by atoms with Crippen molar-refractivity contribution in [2.45, 2.75) is 44.4 Å². The lowest BCUT2D eigenvalue weighted by molar-refractivity contribution is -0.0161. The average Bonchev–Trinajstić information content (AvgIpc) is 2.85. The van der Waals surface area contributed by atoms with Crippen LogP contribution in [0, 0.1) is 0 Å². The number of methoxy groups -OCH3 is 1. The zero-order chi connectivity index (χ0) is 14.8. The van der Waals surface area contributed by atoms with E-state index in [0.29, 0.717) is 6.10 Å². The quantitative estimate of drug-likeness (QED) is 0.923. The largest absolute Gasteiger partial charge is 0.497 e. The molecule has 1 aromatic carbocycles. The summed E-state index contributed by atoms with van der Waals surface area (Å²) in [5.74, 6) is 0.823. The van der Waals surface area contributed by atoms with E-state index in [1.807, 2.05) is 12.1 Å². The van der Waals surface area contributed by atoms with Gasteiger partial charge in [-0.2, -0.15) is 0 Å². The molecule has 4 nitrogen and oxygen atoms in total. The molecule has 1 heterocycles. The molecule has 1 saturated heterocycles. The van der Waals surface area contributed by atoms with Gasteiger partial charge in [-0.15, -0.1) is 0 Å². The van der Waals surface area contributed by atoms with Crippen LogP contribution in [-0.4, -0.2) is 49.0 Å². The van der Waals surface area contributed by atoms with E-state index in [-0.39, 0.29) is 6.04 Å². The summed E-state index contributed by atoms with van der Waals surface area (Å²) in [7, 11) is 1.67. The Hall–Kier alpha value is -1.10. The summed E-state index contributed by atoms with van der Waals surface area (Å²) in [5, 5.41) is 10.7. The monoisotopic (exact) mass is 291 g/mol. The highest BCUT2D eigenvalue weighted by Crippen LogP contribution is 2.37. The van der Waals surface area contributed by atoms with E-state index < -0.39 is 6.10 Å². The van der Waals surface area contributed by atoms with Crippen LogP contribution < -0.4 is 4.74 Å². The molecular weight excluding hydrogens is 266 g/mol. The third-order valence-corrected chi connectivity index (χ3v) is 4.81. The van der Waals surface area contributed by atoms with Gasteiger partial charge in [0.15, 0.2) is 0 Å². The maximum absolute atomic E-state index is 10.7. The lowest BCUT2D eigenvalue weighted by atomic mass is 10.0. The van der Waals surface area contributed by atoms with Crippen molar-refractivity contribution in [2.24, 2.45) is 0 Å². The van der Waals surface area contributed by atoms with Crippen LogP contribution in [0.3, 0.4) is 0 Å². The van der Waals surface area contributed by atoms with Crippen molar-refractivity contribution in [1.82, 2.24) is 4.90 Å². The summed E-state index contributed by atoms with van der Waals surface area (Å²) in [6.45, 7) is 4.87. The van der Waals surface area contributed by atoms with Crippen LogP contribution in [0.2, 0.25) is 0 Å². The second-order valence-corrected chi connectivity index (χ2v) is 5.97. The average molecular weight is 291 g/mol. The van der Waals surface area contributed by atoms with Gasteiger partial charge in [-0.3, -0.25) is 4.90 Å². The summed E-state index contributed by atoms with van der Waals surface area (Å²) >= 11 is 0. The number of piperidine rings is 1. The lowest BCUT2D eigenvalue weighted by Gasteiger charge is -2.37. The molecule has 1 fully saturated rings. The van der Waals surface area contributed by atoms with Crippen molar-refractivity contribution in [2.75, 3.05) is 26.8 Å². The highest BCUT2D eigenvalue weighted by Gasteiger charge is 2.36. The summed E-state index contributed by atoms with van der Waals surface area (Å²) < 4.78 is 11.0. The van der Waals surface area contributed by atoms with Gasteiger partial charge in [0.25, 0.3) is 0 Å². The topological polar surface area (TPSA) is 41.9 Å². The Balaban J connectivity index is 1.66. The summed E-state index contributed by atoms with van der Waals surface area (Å²) in [5.41, 5.74) is 2.28. The number of benzene rings is 1. The standard InChI is InChI=1S/C17H25NO3/c1-3-21-13-6-8-18(9-7-13)16-10-12-4-5-14(20-2)11-15(12)17(16)19/h4-5,11,13,16-17,19H,3,6-10H2,1-2H3. The van der Waals surface area contributed by atoms with Gasteiger partial charge in [0.1, 0.15) is 5.75 Å². The predicted molar refractivity (Wildman–Crippen MR) is 81.7 cm³/mol. The molecule has 21 heavy (non-hydrogen) atoms. The minimum absolute atomic E-state index is 0.203. The SMILES string of the molecule is CCOC1CCN(C2Cc3ccc(OC)cc3C2O)CC1. The smallest absolute Gasteiger partial charge is 0.119 e. The second-order valence-electron chi connectivity index (χ2n) is 5.97. The van der Waals surface area contributed by atoms with E-state index in [4.69, 9.17) is 9.47 Å². The van der Waals surface area contributed by atoms with Crippen molar-refractivity contribution >= 4 is 0 Å². The minimum Gasteiger partial charge on any atom is -0.497 e. The summed E-state index contributed by atoms with van der Waals surface area (Å²) in [6, 6.07) is 6.25. The minimum atomic E-state index is -0.404. The highest BCUT2D eigenvalue weighted by molar-refractivity contribution is 5.41. The maximum atomic E-state index is 10.7. The Morgan fingerprint density at radius 2 is 2.05 bits per heavy atom. The van der Waals surface area contributed by atoms with E-state index >= 15 is 0 Å². The van der Waals surface area contributed by atoms with Crippen molar-refractivity contribution in [3.05, 3.63) is 29.3 Å². The second kappa shape index (κ2) is 6.34. The van der Waals surface area contributed by atoms with Gasteiger partial charge in [-0.05, 0) is 49.4 Å². The molecule has 4 heteroatoms. The van der Waals surface area contributed by atoms with Gasteiger partial charge >= 0.3 is 0 Å². The molecule has 2 atom stereocenters. The van der Waals surface area contributed by atoms with Crippen molar-refractivity contribution in [3.8, 4) is 5.75 Å². The molecule has 0 amide bonds. The Morgan fingerprint density at radius 1 is 1.29 bits per heavy atom. The Labute approximate surface area is 126 Å². The fourth-order valence-corrected chi connectivity index (χ4v) is 3.64. The number of ether oxygens (including phenoxy) is 2. The summed E-state index contributed by atoms with van der Waals surface area (Å²) in [4.78, 5) is 2.42. The van der Waals surface area contributed by atoms with Gasteiger partial charge in [0.2, 0.25) is 0 Å². The zero-order valence-electron chi connectivity index (χ0n) is 12.9. The van der Waals surface area contributed by atoms with Crippen LogP contribution in [0.25, 0.3) is 0 Å². The van der Waals surface area contributed by atoms with Crippen LogP contribution >= 0.6 is 0 Å². The first-order valence-electron chi connectivity index (χ1n) is 7.93. The van der Waals surface area contributed by atoms with Crippen LogP contribution in [0.1, 0.15) is 37.0 Å². The summed E-state index contributed by atoms with van der Waals surface area (Å²) in [6.07, 6.45) is 3.05. The van der Waals surface area contributed by atoms with Gasteiger partial charge in [0, 0.05) is 25.7 Å². The van der Waals surface area contributed by atoms with E-state index in [1.54, 1.807) is 7.11 Å². The Kier molecular flexibility index (Phi) is 4.48. The number of aliphatic hydroxyl groups excluding tert-OH is 1. The Morgan fingerprint density at radius 3 is 2.71 bits per heavy atom. The first-order valence-corrected chi connectivity index (χ1v) is 7.93. The first-order chi connectivity index (χ1) is 10.2. The zero-order valence-corrected chi connectivity index (χ0v) is 12.9. The highest BCUT2D eigenvalue weighted by atomic mass is 16.5. The number of rotatable bonds is 4. The molecule has 1 N–H and O–H groups in total. The van der Waals surface area contributed by atoms with Gasteiger partial charge in [-0.1, -0.05) is 6.07 Å². The predicted octanol–water partition coefficient (Wildman–Crippen LogP) is 2.15. The van der Waals surface area contributed by atoms with Crippen LogP contribution in [-0.2, 0) is 11.2 Å². The fraction of sp³-hybridized carbons (Fsp3) is 0.647. The number of nitrogens with zero attached hydrogens (tertiary/aromatic N) is 1. The fourth-order valence-electron chi connectivity index (χ4n) is 3.64. The number of hydrogen-bond donors (Lipinski definition) is 1. The van der Waals surface area contributed by atoms with Gasteiger partial charge in [0.05, 0.1) is 19.3 Å². The molecule has 2 aliphatic rings. The van der Waals surface area contributed by atoms with Crippen LogP contribution in [0.4, 0.5) is 0 Å². The van der Waals surface area contributed by atoms with E-state index in [0.717, 1.165) is 50.3 Å². The van der Waals surface area contributed by atoms with E-state index in [2.05, 4.69) is 17.9 Å². The third-order valence-electron chi connectivity index (χ3n) is 4.81. The van der Waals surface area contributed by atoms with Gasteiger partial charge < -0.3 is 14.6 Å². The number of hydrogen-bond acceptors (Lipinski definition) is 4. The number of fused-ring (bicyclic) bond motifs is 1. The van der Waals surface area contributed by atoms with E-state index in [1.165, 1.54) is 5.56 Å². The number of aliphatic hydroxyl groups is 1. The molecule has 0 radical (unpaired) electrons. The number of likely N-dealkylation sites (tertiary alicyclic amines) is 1. The molecule has 0 bridgehead atoms. The normalized spacial score (nSPS) is 26.8.